The highest BCUT2D eigenvalue weighted by Gasteiger charge is 2.26. The molecule has 8 heteroatoms. The van der Waals surface area contributed by atoms with Gasteiger partial charge in [0, 0.05) is 42.1 Å². The molecule has 2 aromatic carbocycles. The van der Waals surface area contributed by atoms with Crippen LogP contribution < -0.4 is 20.1 Å². The van der Waals surface area contributed by atoms with Gasteiger partial charge in [-0.05, 0) is 68.4 Å². The van der Waals surface area contributed by atoms with Crippen molar-refractivity contribution >= 4 is 22.5 Å². The number of rotatable bonds is 7. The first-order chi connectivity index (χ1) is 17.1. The van der Waals surface area contributed by atoms with E-state index in [0.29, 0.717) is 30.4 Å². The van der Waals surface area contributed by atoms with Gasteiger partial charge in [-0.15, -0.1) is 5.10 Å². The van der Waals surface area contributed by atoms with Crippen molar-refractivity contribution in [3.8, 4) is 11.5 Å². The summed E-state index contributed by atoms with van der Waals surface area (Å²) in [7, 11) is 3.33. The van der Waals surface area contributed by atoms with Gasteiger partial charge in [-0.3, -0.25) is 0 Å². The van der Waals surface area contributed by atoms with E-state index in [1.165, 1.54) is 18.4 Å². The Balaban J connectivity index is 1.40. The molecule has 35 heavy (non-hydrogen) atoms. The molecule has 4 aromatic rings. The van der Waals surface area contributed by atoms with E-state index < -0.39 is 0 Å². The SMILES string of the molecule is COc1ccc(CNc2nc3cc(C4CC4)ccc3c3nc(C4CCC(C)NC4)nn23)c(OC)c1. The predicted molar refractivity (Wildman–Crippen MR) is 137 cm³/mol. The molecule has 2 aromatic heterocycles. The highest BCUT2D eigenvalue weighted by molar-refractivity contribution is 5.92. The predicted octanol–water partition coefficient (Wildman–Crippen LogP) is 4.64. The summed E-state index contributed by atoms with van der Waals surface area (Å²) in [6.07, 6.45) is 4.75. The largest absolute Gasteiger partial charge is 0.497 e. The lowest BCUT2D eigenvalue weighted by atomic mass is 9.95. The molecule has 1 aliphatic heterocycles. The second kappa shape index (κ2) is 9.00. The third kappa shape index (κ3) is 4.27. The molecule has 1 aliphatic carbocycles. The van der Waals surface area contributed by atoms with Crippen LogP contribution in [0.15, 0.2) is 36.4 Å². The van der Waals surface area contributed by atoms with Gasteiger partial charge in [0.05, 0.1) is 19.7 Å². The minimum Gasteiger partial charge on any atom is -0.497 e. The average molecular weight is 473 g/mol. The number of nitrogens with zero attached hydrogens (tertiary/aromatic N) is 4. The van der Waals surface area contributed by atoms with Gasteiger partial charge in [0.15, 0.2) is 11.5 Å². The van der Waals surface area contributed by atoms with Crippen LogP contribution in [0.4, 0.5) is 5.95 Å². The zero-order valence-corrected chi connectivity index (χ0v) is 20.5. The summed E-state index contributed by atoms with van der Waals surface area (Å²) >= 11 is 0. The van der Waals surface area contributed by atoms with E-state index in [-0.39, 0.29) is 0 Å². The van der Waals surface area contributed by atoms with Gasteiger partial charge in [-0.25, -0.2) is 9.97 Å². The zero-order valence-electron chi connectivity index (χ0n) is 20.5. The van der Waals surface area contributed by atoms with Crippen LogP contribution in [0.5, 0.6) is 11.5 Å². The summed E-state index contributed by atoms with van der Waals surface area (Å²) in [6.45, 7) is 3.68. The second-order valence-electron chi connectivity index (χ2n) is 9.81. The highest BCUT2D eigenvalue weighted by Crippen LogP contribution is 2.41. The van der Waals surface area contributed by atoms with Crippen LogP contribution in [-0.2, 0) is 6.54 Å². The van der Waals surface area contributed by atoms with Gasteiger partial charge < -0.3 is 20.1 Å². The Hall–Kier alpha value is -3.39. The van der Waals surface area contributed by atoms with Crippen molar-refractivity contribution in [2.45, 2.75) is 57.0 Å². The molecule has 0 amide bonds. The number of nitrogens with one attached hydrogen (secondary N) is 2. The maximum Gasteiger partial charge on any atom is 0.226 e. The molecular formula is C27H32N6O2. The summed E-state index contributed by atoms with van der Waals surface area (Å²) in [5.41, 5.74) is 4.19. The van der Waals surface area contributed by atoms with Gasteiger partial charge in [0.2, 0.25) is 5.95 Å². The Morgan fingerprint density at radius 1 is 1.00 bits per heavy atom. The Morgan fingerprint density at radius 3 is 2.60 bits per heavy atom. The number of piperidine rings is 1. The Morgan fingerprint density at radius 2 is 1.86 bits per heavy atom. The number of hydrogen-bond acceptors (Lipinski definition) is 7. The first kappa shape index (κ1) is 22.1. The molecule has 0 spiro atoms. The number of hydrogen-bond donors (Lipinski definition) is 2. The summed E-state index contributed by atoms with van der Waals surface area (Å²) in [6, 6.07) is 13.0. The summed E-state index contributed by atoms with van der Waals surface area (Å²) in [5, 5.41) is 13.1. The minimum absolute atomic E-state index is 0.307. The highest BCUT2D eigenvalue weighted by atomic mass is 16.5. The number of anilines is 1. The summed E-state index contributed by atoms with van der Waals surface area (Å²) in [4.78, 5) is 10.1. The molecule has 0 radical (unpaired) electrons. The molecule has 2 N–H and O–H groups in total. The fourth-order valence-electron chi connectivity index (χ4n) is 4.99. The van der Waals surface area contributed by atoms with Gasteiger partial charge >= 0.3 is 0 Å². The molecule has 182 valence electrons. The molecule has 0 bridgehead atoms. The first-order valence-corrected chi connectivity index (χ1v) is 12.5. The summed E-state index contributed by atoms with van der Waals surface area (Å²) < 4.78 is 12.8. The Labute approximate surface area is 205 Å². The topological polar surface area (TPSA) is 85.6 Å². The molecule has 2 fully saturated rings. The second-order valence-corrected chi connectivity index (χ2v) is 9.81. The van der Waals surface area contributed by atoms with E-state index in [9.17, 15) is 0 Å². The quantitative estimate of drug-likeness (QED) is 0.405. The molecule has 3 heterocycles. The van der Waals surface area contributed by atoms with Crippen molar-refractivity contribution in [3.05, 3.63) is 53.3 Å². The molecule has 8 nitrogen and oxygen atoms in total. The van der Waals surface area contributed by atoms with E-state index in [2.05, 4.69) is 35.8 Å². The molecule has 1 saturated heterocycles. The lowest BCUT2D eigenvalue weighted by Gasteiger charge is -2.25. The fourth-order valence-corrected chi connectivity index (χ4v) is 4.99. The number of methoxy groups -OCH3 is 2. The van der Waals surface area contributed by atoms with Gasteiger partial charge in [0.25, 0.3) is 0 Å². The van der Waals surface area contributed by atoms with Gasteiger partial charge in [-0.2, -0.15) is 4.52 Å². The van der Waals surface area contributed by atoms with Crippen LogP contribution >= 0.6 is 0 Å². The van der Waals surface area contributed by atoms with Crippen molar-refractivity contribution in [2.24, 2.45) is 0 Å². The fraction of sp³-hybridized carbons (Fsp3) is 0.444. The van der Waals surface area contributed by atoms with Crippen molar-refractivity contribution in [3.63, 3.8) is 0 Å². The van der Waals surface area contributed by atoms with E-state index in [1.807, 2.05) is 22.7 Å². The van der Waals surface area contributed by atoms with Gasteiger partial charge in [-0.1, -0.05) is 6.07 Å². The minimum atomic E-state index is 0.307. The number of aromatic nitrogens is 4. The maximum atomic E-state index is 5.59. The summed E-state index contributed by atoms with van der Waals surface area (Å²) in [5.74, 6) is 4.08. The molecule has 1 saturated carbocycles. The normalized spacial score (nSPS) is 20.3. The van der Waals surface area contributed by atoms with Crippen molar-refractivity contribution < 1.29 is 9.47 Å². The van der Waals surface area contributed by atoms with Crippen LogP contribution in [0.1, 0.15) is 61.4 Å². The van der Waals surface area contributed by atoms with Gasteiger partial charge in [0.1, 0.15) is 11.5 Å². The average Bonchev–Trinajstić information content (AvgIpc) is 3.65. The Kier molecular flexibility index (Phi) is 5.68. The molecule has 6 rings (SSSR count). The van der Waals surface area contributed by atoms with Crippen LogP contribution in [-0.4, -0.2) is 46.4 Å². The van der Waals surface area contributed by atoms with Crippen LogP contribution in [0.25, 0.3) is 16.6 Å². The van der Waals surface area contributed by atoms with Crippen LogP contribution in [0.2, 0.25) is 0 Å². The van der Waals surface area contributed by atoms with E-state index in [1.54, 1.807) is 14.2 Å². The standard InChI is InChI=1S/C27H32N6O2/c1-16-4-5-20(15-28-16)25-31-26-22-11-9-18(17-6-7-17)12-23(22)30-27(33(26)32-25)29-14-19-8-10-21(34-2)13-24(19)35-3/h8-13,16-17,20,28H,4-7,14-15H2,1-3H3,(H,29,30). The third-order valence-corrected chi connectivity index (χ3v) is 7.32. The molecular weight excluding hydrogens is 440 g/mol. The van der Waals surface area contributed by atoms with Crippen molar-refractivity contribution in [2.75, 3.05) is 26.1 Å². The lowest BCUT2D eigenvalue weighted by Crippen LogP contribution is -2.36. The zero-order chi connectivity index (χ0) is 23.9. The van der Waals surface area contributed by atoms with E-state index in [0.717, 1.165) is 58.8 Å². The maximum absolute atomic E-state index is 5.59. The molecule has 2 aliphatic rings. The first-order valence-electron chi connectivity index (χ1n) is 12.5. The number of fused-ring (bicyclic) bond motifs is 3. The van der Waals surface area contributed by atoms with Crippen molar-refractivity contribution in [1.82, 2.24) is 24.9 Å². The number of ether oxygens (including phenoxy) is 2. The molecule has 2 atom stereocenters. The van der Waals surface area contributed by atoms with E-state index in [4.69, 9.17) is 24.5 Å². The number of benzene rings is 2. The molecule has 2 unspecified atom stereocenters. The monoisotopic (exact) mass is 472 g/mol. The van der Waals surface area contributed by atoms with Crippen LogP contribution in [0.3, 0.4) is 0 Å². The van der Waals surface area contributed by atoms with Crippen molar-refractivity contribution in [1.29, 1.82) is 0 Å². The smallest absolute Gasteiger partial charge is 0.226 e. The lowest BCUT2D eigenvalue weighted by molar-refractivity contribution is 0.376. The van der Waals surface area contributed by atoms with E-state index >= 15 is 0 Å². The van der Waals surface area contributed by atoms with Crippen LogP contribution in [0, 0.1) is 0 Å². The Bertz CT molecular complexity index is 1370. The third-order valence-electron chi connectivity index (χ3n) is 7.32.